The number of ether oxygens (including phenoxy) is 1. The van der Waals surface area contributed by atoms with Crippen LogP contribution in [0.4, 0.5) is 0 Å². The highest BCUT2D eigenvalue weighted by Gasteiger charge is 2.30. The van der Waals surface area contributed by atoms with Crippen molar-refractivity contribution >= 4 is 5.91 Å². The maximum absolute atomic E-state index is 12.4. The Morgan fingerprint density at radius 1 is 1.17 bits per heavy atom. The first-order chi connectivity index (χ1) is 14.0. The second-order valence-corrected chi connectivity index (χ2v) is 8.80. The van der Waals surface area contributed by atoms with Crippen LogP contribution in [0, 0.1) is 12.8 Å². The normalized spacial score (nSPS) is 20.3. The molecule has 0 unspecified atom stereocenters. The summed E-state index contributed by atoms with van der Waals surface area (Å²) >= 11 is 0. The quantitative estimate of drug-likeness (QED) is 0.678. The van der Waals surface area contributed by atoms with Crippen LogP contribution in [0.1, 0.15) is 50.9 Å². The molecule has 0 saturated carbocycles. The van der Waals surface area contributed by atoms with Gasteiger partial charge in [-0.1, -0.05) is 6.07 Å². The number of hydrogen-bond acceptors (Lipinski definition) is 5. The average Bonchev–Trinajstić information content (AvgIpc) is 2.72. The van der Waals surface area contributed by atoms with Crippen molar-refractivity contribution in [2.75, 3.05) is 39.3 Å². The number of aryl methyl sites for hydroxylation is 1. The molecule has 29 heavy (non-hydrogen) atoms. The van der Waals surface area contributed by atoms with E-state index in [2.05, 4.69) is 45.2 Å². The van der Waals surface area contributed by atoms with E-state index in [0.717, 1.165) is 51.3 Å². The molecule has 162 valence electrons. The summed E-state index contributed by atoms with van der Waals surface area (Å²) in [6.07, 6.45) is 4.61. The van der Waals surface area contributed by atoms with Crippen LogP contribution in [0.15, 0.2) is 18.2 Å². The lowest BCUT2D eigenvalue weighted by Crippen LogP contribution is -2.49. The molecule has 2 aliphatic heterocycles. The zero-order valence-corrected chi connectivity index (χ0v) is 18.4. The van der Waals surface area contributed by atoms with Crippen molar-refractivity contribution in [3.05, 3.63) is 29.6 Å². The highest BCUT2D eigenvalue weighted by atomic mass is 16.5. The molecule has 0 aromatic carbocycles. The smallest absolute Gasteiger partial charge is 0.223 e. The zero-order valence-electron chi connectivity index (χ0n) is 18.4. The summed E-state index contributed by atoms with van der Waals surface area (Å²) < 4.78 is 5.50. The molecule has 6 nitrogen and oxygen atoms in total. The van der Waals surface area contributed by atoms with Gasteiger partial charge >= 0.3 is 0 Å². The summed E-state index contributed by atoms with van der Waals surface area (Å²) in [4.78, 5) is 22.2. The topological polar surface area (TPSA) is 57.7 Å². The monoisotopic (exact) mass is 402 g/mol. The molecule has 0 aliphatic carbocycles. The summed E-state index contributed by atoms with van der Waals surface area (Å²) in [6.45, 7) is 12.6. The van der Waals surface area contributed by atoms with Crippen LogP contribution >= 0.6 is 0 Å². The molecule has 1 aromatic rings. The summed E-state index contributed by atoms with van der Waals surface area (Å²) in [5.41, 5.74) is 2.27. The highest BCUT2D eigenvalue weighted by molar-refractivity contribution is 5.78. The van der Waals surface area contributed by atoms with E-state index in [9.17, 15) is 4.79 Å². The molecule has 1 N–H and O–H groups in total. The second kappa shape index (κ2) is 11.0. The first kappa shape index (κ1) is 22.2. The minimum atomic E-state index is 0.165. The van der Waals surface area contributed by atoms with Gasteiger partial charge in [-0.2, -0.15) is 0 Å². The number of nitrogens with zero attached hydrogens (tertiary/aromatic N) is 3. The molecule has 3 heterocycles. The van der Waals surface area contributed by atoms with Gasteiger partial charge in [0.25, 0.3) is 0 Å². The molecule has 2 aliphatic rings. The van der Waals surface area contributed by atoms with Crippen LogP contribution in [-0.4, -0.2) is 72.2 Å². The summed E-state index contributed by atoms with van der Waals surface area (Å²) in [6, 6.07) is 6.95. The first-order valence-electron chi connectivity index (χ1n) is 11.3. The molecule has 0 bridgehead atoms. The van der Waals surface area contributed by atoms with E-state index < -0.39 is 0 Å². The zero-order chi connectivity index (χ0) is 20.6. The predicted molar refractivity (Wildman–Crippen MR) is 116 cm³/mol. The van der Waals surface area contributed by atoms with Crippen LogP contribution in [0.3, 0.4) is 0 Å². The third-order valence-corrected chi connectivity index (χ3v) is 6.16. The standard InChI is InChI=1S/C23H38N4O2/c1-18(2)29-16-11-24-23(28)20-7-14-27(15-8-20)22-9-12-26(13-10-22)17-21-6-4-5-19(3)25-21/h4-6,18,20,22H,7-17H2,1-3H3,(H,24,28). The lowest BCUT2D eigenvalue weighted by molar-refractivity contribution is -0.127. The predicted octanol–water partition coefficient (Wildman–Crippen LogP) is 2.61. The van der Waals surface area contributed by atoms with Crippen molar-refractivity contribution in [2.45, 2.75) is 65.1 Å². The fourth-order valence-electron chi connectivity index (χ4n) is 4.50. The Morgan fingerprint density at radius 3 is 2.55 bits per heavy atom. The Balaban J connectivity index is 1.34. The molecular weight excluding hydrogens is 364 g/mol. The number of rotatable bonds is 8. The van der Waals surface area contributed by atoms with Crippen molar-refractivity contribution in [3.8, 4) is 0 Å². The molecule has 2 saturated heterocycles. The van der Waals surface area contributed by atoms with E-state index in [1.165, 1.54) is 18.5 Å². The number of piperidine rings is 2. The summed E-state index contributed by atoms with van der Waals surface area (Å²) in [7, 11) is 0. The molecule has 3 rings (SSSR count). The Bertz CT molecular complexity index is 636. The number of aromatic nitrogens is 1. The maximum atomic E-state index is 12.4. The van der Waals surface area contributed by atoms with Crippen LogP contribution < -0.4 is 5.32 Å². The number of amides is 1. The van der Waals surface area contributed by atoms with Crippen LogP contribution in [-0.2, 0) is 16.1 Å². The lowest BCUT2D eigenvalue weighted by Gasteiger charge is -2.41. The van der Waals surface area contributed by atoms with E-state index in [0.29, 0.717) is 19.2 Å². The fraction of sp³-hybridized carbons (Fsp3) is 0.739. The first-order valence-corrected chi connectivity index (χ1v) is 11.3. The number of nitrogens with one attached hydrogen (secondary N) is 1. The summed E-state index contributed by atoms with van der Waals surface area (Å²) in [5, 5.41) is 3.04. The molecule has 2 fully saturated rings. The number of hydrogen-bond donors (Lipinski definition) is 1. The molecule has 1 amide bonds. The molecule has 0 atom stereocenters. The van der Waals surface area contributed by atoms with E-state index in [4.69, 9.17) is 4.74 Å². The van der Waals surface area contributed by atoms with Gasteiger partial charge in [-0.25, -0.2) is 0 Å². The molecule has 0 radical (unpaired) electrons. The third-order valence-electron chi connectivity index (χ3n) is 6.16. The summed E-state index contributed by atoms with van der Waals surface area (Å²) in [5.74, 6) is 0.371. The fourth-order valence-corrected chi connectivity index (χ4v) is 4.50. The maximum Gasteiger partial charge on any atom is 0.223 e. The Kier molecular flexibility index (Phi) is 8.45. The Hall–Kier alpha value is -1.50. The largest absolute Gasteiger partial charge is 0.377 e. The molecule has 6 heteroatoms. The lowest BCUT2D eigenvalue weighted by atomic mass is 9.92. The van der Waals surface area contributed by atoms with E-state index in [1.54, 1.807) is 0 Å². The van der Waals surface area contributed by atoms with Gasteiger partial charge in [-0.3, -0.25) is 14.7 Å². The van der Waals surface area contributed by atoms with Gasteiger partial charge in [0.15, 0.2) is 0 Å². The number of pyridine rings is 1. The van der Waals surface area contributed by atoms with Crippen molar-refractivity contribution in [1.29, 1.82) is 0 Å². The number of carbonyl (C=O) groups excluding carboxylic acids is 1. The Labute approximate surface area is 176 Å². The molecule has 1 aromatic heterocycles. The van der Waals surface area contributed by atoms with Gasteiger partial charge in [0.05, 0.1) is 18.4 Å². The SMILES string of the molecule is Cc1cccc(CN2CCC(N3CCC(C(=O)NCCOC(C)C)CC3)CC2)n1. The van der Waals surface area contributed by atoms with Gasteiger partial charge < -0.3 is 15.0 Å². The van der Waals surface area contributed by atoms with Gasteiger partial charge in [-0.15, -0.1) is 0 Å². The number of carbonyl (C=O) groups is 1. The van der Waals surface area contributed by atoms with Crippen LogP contribution in [0.25, 0.3) is 0 Å². The van der Waals surface area contributed by atoms with Crippen molar-refractivity contribution < 1.29 is 9.53 Å². The van der Waals surface area contributed by atoms with Gasteiger partial charge in [0, 0.05) is 43.8 Å². The van der Waals surface area contributed by atoms with Crippen molar-refractivity contribution in [2.24, 2.45) is 5.92 Å². The molecule has 0 spiro atoms. The second-order valence-electron chi connectivity index (χ2n) is 8.80. The van der Waals surface area contributed by atoms with Gasteiger partial charge in [0.2, 0.25) is 5.91 Å². The van der Waals surface area contributed by atoms with Crippen LogP contribution in [0.5, 0.6) is 0 Å². The van der Waals surface area contributed by atoms with Crippen molar-refractivity contribution in [3.63, 3.8) is 0 Å². The highest BCUT2D eigenvalue weighted by Crippen LogP contribution is 2.24. The van der Waals surface area contributed by atoms with E-state index >= 15 is 0 Å². The minimum Gasteiger partial charge on any atom is -0.377 e. The van der Waals surface area contributed by atoms with Gasteiger partial charge in [-0.05, 0) is 71.7 Å². The van der Waals surface area contributed by atoms with Crippen molar-refractivity contribution in [1.82, 2.24) is 20.1 Å². The molecular formula is C23H38N4O2. The number of likely N-dealkylation sites (tertiary alicyclic amines) is 2. The average molecular weight is 403 g/mol. The van der Waals surface area contributed by atoms with E-state index in [1.807, 2.05) is 13.8 Å². The van der Waals surface area contributed by atoms with Crippen LogP contribution in [0.2, 0.25) is 0 Å². The van der Waals surface area contributed by atoms with E-state index in [-0.39, 0.29) is 17.9 Å². The minimum absolute atomic E-state index is 0.165. The third kappa shape index (κ3) is 7.05. The Morgan fingerprint density at radius 2 is 1.90 bits per heavy atom. The van der Waals surface area contributed by atoms with Gasteiger partial charge in [0.1, 0.15) is 0 Å².